The predicted molar refractivity (Wildman–Crippen MR) is 102 cm³/mol. The molecule has 2 aromatic carbocycles. The largest absolute Gasteiger partial charge is 0.384 e. The molecular weight excluding hydrogens is 380 g/mol. The number of rotatable bonds is 1. The van der Waals surface area contributed by atoms with Gasteiger partial charge in [-0.2, -0.15) is 10.5 Å². The van der Waals surface area contributed by atoms with Crippen molar-refractivity contribution in [3.05, 3.63) is 86.7 Å². The fourth-order valence-corrected chi connectivity index (χ4v) is 4.54. The summed E-state index contributed by atoms with van der Waals surface area (Å²) in [5, 5.41) is 20.6. The molecule has 0 aliphatic carbocycles. The fraction of sp³-hybridized carbons (Fsp3) is 0.0500. The van der Waals surface area contributed by atoms with Crippen molar-refractivity contribution in [2.45, 2.75) is 10.8 Å². The van der Waals surface area contributed by atoms with Crippen LogP contribution in [-0.4, -0.2) is 10.8 Å². The van der Waals surface area contributed by atoms with Crippen molar-refractivity contribution in [3.8, 4) is 12.1 Å². The van der Waals surface area contributed by atoms with Crippen LogP contribution >= 0.6 is 23.4 Å². The lowest BCUT2D eigenvalue weighted by Gasteiger charge is -2.37. The van der Waals surface area contributed by atoms with Crippen molar-refractivity contribution < 1.29 is 4.79 Å². The minimum Gasteiger partial charge on any atom is -0.384 e. The van der Waals surface area contributed by atoms with E-state index in [1.165, 1.54) is 16.7 Å². The summed E-state index contributed by atoms with van der Waals surface area (Å²) in [6.45, 7) is 0. The second-order valence-electron chi connectivity index (χ2n) is 5.96. The quantitative estimate of drug-likeness (QED) is 0.790. The van der Waals surface area contributed by atoms with Crippen LogP contribution in [0, 0.1) is 22.7 Å². The van der Waals surface area contributed by atoms with E-state index in [0.29, 0.717) is 21.2 Å². The second kappa shape index (κ2) is 6.51. The highest BCUT2D eigenvalue weighted by molar-refractivity contribution is 8.03. The number of nitriles is 2. The van der Waals surface area contributed by atoms with Crippen molar-refractivity contribution in [2.75, 3.05) is 0 Å². The first-order valence-corrected chi connectivity index (χ1v) is 9.17. The van der Waals surface area contributed by atoms with E-state index in [-0.39, 0.29) is 17.3 Å². The molecule has 4 rings (SSSR count). The van der Waals surface area contributed by atoms with Crippen LogP contribution in [0.2, 0.25) is 5.02 Å². The molecule has 5 nitrogen and oxygen atoms in total. The van der Waals surface area contributed by atoms with Gasteiger partial charge in [0.1, 0.15) is 10.9 Å². The van der Waals surface area contributed by atoms with E-state index in [9.17, 15) is 15.3 Å². The molecule has 0 saturated heterocycles. The van der Waals surface area contributed by atoms with Crippen LogP contribution in [0.15, 0.2) is 75.4 Å². The van der Waals surface area contributed by atoms with Crippen molar-refractivity contribution in [1.82, 2.24) is 4.90 Å². The fourth-order valence-electron chi connectivity index (χ4n) is 3.25. The number of amides is 1. The van der Waals surface area contributed by atoms with E-state index >= 15 is 0 Å². The number of carbonyl (C=O) groups is 1. The highest BCUT2D eigenvalue weighted by Crippen LogP contribution is 2.49. The third-order valence-electron chi connectivity index (χ3n) is 4.50. The van der Waals surface area contributed by atoms with Crippen LogP contribution in [0.3, 0.4) is 0 Å². The van der Waals surface area contributed by atoms with Crippen LogP contribution in [0.4, 0.5) is 0 Å². The molecule has 0 saturated carbocycles. The molecule has 0 bridgehead atoms. The minimum atomic E-state index is -0.644. The van der Waals surface area contributed by atoms with Crippen molar-refractivity contribution in [3.63, 3.8) is 0 Å². The molecule has 0 spiro atoms. The Bertz CT molecular complexity index is 1120. The van der Waals surface area contributed by atoms with Gasteiger partial charge in [-0.1, -0.05) is 47.6 Å². The molecule has 2 N–H and O–H groups in total. The van der Waals surface area contributed by atoms with Crippen LogP contribution in [0.5, 0.6) is 0 Å². The van der Waals surface area contributed by atoms with E-state index in [1.807, 2.05) is 12.1 Å². The molecule has 1 atom stereocenters. The smallest absolute Gasteiger partial charge is 0.265 e. The molecular formula is C20H11ClN4OS. The molecule has 0 radical (unpaired) electrons. The van der Waals surface area contributed by atoms with Gasteiger partial charge >= 0.3 is 0 Å². The second-order valence-corrected chi connectivity index (χ2v) is 7.43. The number of carbonyl (C=O) groups excluding carboxylic acids is 1. The van der Waals surface area contributed by atoms with Gasteiger partial charge in [-0.25, -0.2) is 0 Å². The molecule has 2 heterocycles. The van der Waals surface area contributed by atoms with Crippen LogP contribution in [-0.2, 0) is 0 Å². The normalized spacial score (nSPS) is 18.6. The van der Waals surface area contributed by atoms with E-state index in [1.54, 1.807) is 36.4 Å². The Morgan fingerprint density at radius 2 is 1.70 bits per heavy atom. The number of nitrogens with two attached hydrogens (primary N) is 1. The van der Waals surface area contributed by atoms with Crippen LogP contribution in [0.1, 0.15) is 21.8 Å². The average molecular weight is 391 g/mol. The Morgan fingerprint density at radius 3 is 2.37 bits per heavy atom. The van der Waals surface area contributed by atoms with Gasteiger partial charge in [0.25, 0.3) is 5.91 Å². The summed E-state index contributed by atoms with van der Waals surface area (Å²) in [7, 11) is 0. The van der Waals surface area contributed by atoms with E-state index in [0.717, 1.165) is 10.5 Å². The highest BCUT2D eigenvalue weighted by Gasteiger charge is 2.41. The van der Waals surface area contributed by atoms with Gasteiger partial charge in [-0.15, -0.1) is 0 Å². The summed E-state index contributed by atoms with van der Waals surface area (Å²) in [6, 6.07) is 18.3. The van der Waals surface area contributed by atoms with Crippen molar-refractivity contribution >= 4 is 29.3 Å². The maximum Gasteiger partial charge on any atom is 0.265 e. The van der Waals surface area contributed by atoms with Gasteiger partial charge in [-0.05, 0) is 29.8 Å². The SMILES string of the molecule is N#CC1=C(N)N2C(=O)c3ccccc3SC2=C(C#N)C1c1ccc(Cl)cc1. The van der Waals surface area contributed by atoms with E-state index in [4.69, 9.17) is 17.3 Å². The average Bonchev–Trinajstić information content (AvgIpc) is 2.68. The molecule has 0 fully saturated rings. The Morgan fingerprint density at radius 1 is 1.04 bits per heavy atom. The van der Waals surface area contributed by atoms with Crippen LogP contribution < -0.4 is 5.73 Å². The lowest BCUT2D eigenvalue weighted by Crippen LogP contribution is -2.40. The highest BCUT2D eigenvalue weighted by atomic mass is 35.5. The maximum absolute atomic E-state index is 13.0. The summed E-state index contributed by atoms with van der Waals surface area (Å²) >= 11 is 7.28. The number of fused-ring (bicyclic) bond motifs is 2. The number of hydrogen-bond donors (Lipinski definition) is 1. The minimum absolute atomic E-state index is 0.0541. The predicted octanol–water partition coefficient (Wildman–Crippen LogP) is 4.11. The van der Waals surface area contributed by atoms with Crippen molar-refractivity contribution in [2.24, 2.45) is 5.73 Å². The van der Waals surface area contributed by atoms with Gasteiger partial charge in [0.05, 0.1) is 34.8 Å². The van der Waals surface area contributed by atoms with Gasteiger partial charge in [-0.3, -0.25) is 9.69 Å². The molecule has 1 amide bonds. The Balaban J connectivity index is 1.98. The summed E-state index contributed by atoms with van der Waals surface area (Å²) in [4.78, 5) is 15.0. The first-order valence-electron chi connectivity index (χ1n) is 7.97. The number of hydrogen-bond acceptors (Lipinski definition) is 5. The number of benzene rings is 2. The lowest BCUT2D eigenvalue weighted by atomic mass is 9.83. The topological polar surface area (TPSA) is 93.9 Å². The summed E-state index contributed by atoms with van der Waals surface area (Å²) in [6.07, 6.45) is 0. The molecule has 2 aromatic rings. The molecule has 0 aromatic heterocycles. The Kier molecular flexibility index (Phi) is 4.16. The standard InChI is InChI=1S/C20H11ClN4OS/c21-12-7-5-11(6-8-12)17-14(9-22)18(24)25-19(26)13-3-1-2-4-16(13)27-20(25)15(17)10-23/h1-8,17H,24H2. The zero-order chi connectivity index (χ0) is 19.1. The first-order chi connectivity index (χ1) is 13.1. The Labute approximate surface area is 164 Å². The molecule has 27 heavy (non-hydrogen) atoms. The van der Waals surface area contributed by atoms with Gasteiger partial charge in [0.15, 0.2) is 0 Å². The number of nitrogens with zero attached hydrogens (tertiary/aromatic N) is 3. The van der Waals surface area contributed by atoms with E-state index < -0.39 is 5.92 Å². The van der Waals surface area contributed by atoms with Gasteiger partial charge in [0, 0.05) is 9.92 Å². The van der Waals surface area contributed by atoms with Gasteiger partial charge < -0.3 is 5.73 Å². The zero-order valence-corrected chi connectivity index (χ0v) is 15.4. The number of thioether (sulfide) groups is 1. The Hall–Kier alpha value is -3.19. The number of allylic oxidation sites excluding steroid dienone is 2. The number of halogens is 1. The van der Waals surface area contributed by atoms with Crippen LogP contribution in [0.25, 0.3) is 0 Å². The lowest BCUT2D eigenvalue weighted by molar-refractivity contribution is 0.0841. The van der Waals surface area contributed by atoms with Gasteiger partial charge in [0.2, 0.25) is 0 Å². The molecule has 2 aliphatic heterocycles. The summed E-state index contributed by atoms with van der Waals surface area (Å²) < 4.78 is 0. The summed E-state index contributed by atoms with van der Waals surface area (Å²) in [5.41, 5.74) is 7.94. The molecule has 7 heteroatoms. The molecule has 1 unspecified atom stereocenters. The first kappa shape index (κ1) is 17.2. The monoisotopic (exact) mass is 390 g/mol. The molecule has 130 valence electrons. The van der Waals surface area contributed by atoms with E-state index in [2.05, 4.69) is 12.1 Å². The third kappa shape index (κ3) is 2.59. The summed E-state index contributed by atoms with van der Waals surface area (Å²) in [5.74, 6) is -0.931. The maximum atomic E-state index is 13.0. The zero-order valence-electron chi connectivity index (χ0n) is 13.8. The van der Waals surface area contributed by atoms with Crippen molar-refractivity contribution in [1.29, 1.82) is 10.5 Å². The third-order valence-corrected chi connectivity index (χ3v) is 5.92. The molecule has 2 aliphatic rings.